The minimum Gasteiger partial charge on any atom is -0.392 e. The maximum Gasteiger partial charge on any atom is 0.228 e. The van der Waals surface area contributed by atoms with Gasteiger partial charge in [0, 0.05) is 13.2 Å². The second-order valence-electron chi connectivity index (χ2n) is 4.51. The van der Waals surface area contributed by atoms with E-state index >= 15 is 0 Å². The van der Waals surface area contributed by atoms with Crippen molar-refractivity contribution in [3.05, 3.63) is 0 Å². The highest BCUT2D eigenvalue weighted by atomic mass is 32.1. The van der Waals surface area contributed by atoms with Gasteiger partial charge >= 0.3 is 0 Å². The summed E-state index contributed by atoms with van der Waals surface area (Å²) in [5, 5.41) is 0. The standard InChI is InChI=1S/C11H18N2O2S/c12-10(16)9-4-1-5-13(9)11(14)8-3-2-6-15-7-8/h8-9H,1-7H2,(H2,12,16). The molecule has 2 unspecified atom stereocenters. The quantitative estimate of drug-likeness (QED) is 0.724. The van der Waals surface area contributed by atoms with Crippen LogP contribution in [0, 0.1) is 5.92 Å². The first kappa shape index (κ1) is 11.8. The molecular formula is C11H18N2O2S. The predicted molar refractivity (Wildman–Crippen MR) is 65.1 cm³/mol. The van der Waals surface area contributed by atoms with Gasteiger partial charge in [-0.25, -0.2) is 0 Å². The molecule has 2 aliphatic rings. The van der Waals surface area contributed by atoms with E-state index in [2.05, 4.69) is 0 Å². The maximum atomic E-state index is 12.2. The molecule has 2 fully saturated rings. The van der Waals surface area contributed by atoms with Crippen LogP contribution < -0.4 is 5.73 Å². The lowest BCUT2D eigenvalue weighted by Crippen LogP contribution is -2.46. The van der Waals surface area contributed by atoms with Crippen molar-refractivity contribution in [2.24, 2.45) is 11.7 Å². The molecule has 2 N–H and O–H groups in total. The summed E-state index contributed by atoms with van der Waals surface area (Å²) in [6.45, 7) is 2.12. The highest BCUT2D eigenvalue weighted by molar-refractivity contribution is 7.80. The Morgan fingerprint density at radius 3 is 2.81 bits per heavy atom. The number of hydrogen-bond donors (Lipinski definition) is 1. The third-order valence-electron chi connectivity index (χ3n) is 3.37. The van der Waals surface area contributed by atoms with E-state index in [1.54, 1.807) is 0 Å². The second-order valence-corrected chi connectivity index (χ2v) is 4.98. The number of likely N-dealkylation sites (tertiary alicyclic amines) is 1. The lowest BCUT2D eigenvalue weighted by atomic mass is 10.0. The molecule has 16 heavy (non-hydrogen) atoms. The van der Waals surface area contributed by atoms with Crippen molar-refractivity contribution >= 4 is 23.1 Å². The van der Waals surface area contributed by atoms with Crippen molar-refractivity contribution in [3.8, 4) is 0 Å². The summed E-state index contributed by atoms with van der Waals surface area (Å²) < 4.78 is 5.35. The van der Waals surface area contributed by atoms with Crippen LogP contribution >= 0.6 is 12.2 Å². The highest BCUT2D eigenvalue weighted by Gasteiger charge is 2.35. The van der Waals surface area contributed by atoms with Crippen molar-refractivity contribution < 1.29 is 9.53 Å². The molecule has 0 spiro atoms. The minimum absolute atomic E-state index is 0.0173. The summed E-state index contributed by atoms with van der Waals surface area (Å²) in [4.78, 5) is 14.5. The fourth-order valence-corrected chi connectivity index (χ4v) is 2.74. The summed E-state index contributed by atoms with van der Waals surface area (Å²) in [5.41, 5.74) is 5.66. The van der Waals surface area contributed by atoms with E-state index in [1.807, 2.05) is 4.90 Å². The van der Waals surface area contributed by atoms with Gasteiger partial charge < -0.3 is 15.4 Å². The fraction of sp³-hybridized carbons (Fsp3) is 0.818. The van der Waals surface area contributed by atoms with Crippen LogP contribution in [0.5, 0.6) is 0 Å². The Morgan fingerprint density at radius 2 is 2.19 bits per heavy atom. The molecule has 5 heteroatoms. The van der Waals surface area contributed by atoms with E-state index in [0.717, 1.165) is 38.8 Å². The van der Waals surface area contributed by atoms with Crippen LogP contribution in [0.1, 0.15) is 25.7 Å². The Morgan fingerprint density at radius 1 is 1.38 bits per heavy atom. The number of nitrogens with zero attached hydrogens (tertiary/aromatic N) is 1. The predicted octanol–water partition coefficient (Wildman–Crippen LogP) is 0.690. The molecule has 4 nitrogen and oxygen atoms in total. The lowest BCUT2D eigenvalue weighted by molar-refractivity contribution is -0.139. The van der Waals surface area contributed by atoms with Gasteiger partial charge in [-0.05, 0) is 25.7 Å². The Labute approximate surface area is 101 Å². The van der Waals surface area contributed by atoms with E-state index in [9.17, 15) is 4.79 Å². The molecule has 0 aromatic carbocycles. The van der Waals surface area contributed by atoms with Crippen LogP contribution in [0.15, 0.2) is 0 Å². The molecule has 0 aromatic heterocycles. The van der Waals surface area contributed by atoms with Crippen LogP contribution in [0.3, 0.4) is 0 Å². The topological polar surface area (TPSA) is 55.6 Å². The molecule has 0 bridgehead atoms. The van der Waals surface area contributed by atoms with E-state index in [1.165, 1.54) is 0 Å². The normalized spacial score (nSPS) is 30.4. The third kappa shape index (κ3) is 2.35. The molecule has 0 aromatic rings. The van der Waals surface area contributed by atoms with Crippen molar-refractivity contribution in [2.75, 3.05) is 19.8 Å². The largest absolute Gasteiger partial charge is 0.392 e. The molecule has 2 atom stereocenters. The average Bonchev–Trinajstić information content (AvgIpc) is 2.78. The number of nitrogens with two attached hydrogens (primary N) is 1. The highest BCUT2D eigenvalue weighted by Crippen LogP contribution is 2.23. The molecule has 0 radical (unpaired) electrons. The molecule has 1 amide bonds. The zero-order valence-corrected chi connectivity index (χ0v) is 10.2. The SMILES string of the molecule is NC(=S)C1CCCN1C(=O)C1CCCOC1. The summed E-state index contributed by atoms with van der Waals surface area (Å²) in [6.07, 6.45) is 3.82. The smallest absolute Gasteiger partial charge is 0.228 e. The zero-order valence-electron chi connectivity index (χ0n) is 9.35. The molecule has 90 valence electrons. The summed E-state index contributed by atoms with van der Waals surface area (Å²) >= 11 is 5.01. The Hall–Kier alpha value is -0.680. The van der Waals surface area contributed by atoms with Crippen LogP contribution in [0.4, 0.5) is 0 Å². The molecule has 0 saturated carbocycles. The zero-order chi connectivity index (χ0) is 11.5. The molecule has 2 heterocycles. The molecule has 2 aliphatic heterocycles. The Balaban J connectivity index is 1.99. The fourth-order valence-electron chi connectivity index (χ4n) is 2.50. The van der Waals surface area contributed by atoms with Crippen LogP contribution in [0.25, 0.3) is 0 Å². The maximum absolute atomic E-state index is 12.2. The van der Waals surface area contributed by atoms with Crippen molar-refractivity contribution in [2.45, 2.75) is 31.7 Å². The lowest BCUT2D eigenvalue weighted by Gasteiger charge is -2.30. The average molecular weight is 242 g/mol. The molecule has 2 rings (SSSR count). The Bertz CT molecular complexity index is 290. The van der Waals surface area contributed by atoms with Crippen molar-refractivity contribution in [1.82, 2.24) is 4.90 Å². The van der Waals surface area contributed by atoms with Gasteiger partial charge in [0.25, 0.3) is 0 Å². The van der Waals surface area contributed by atoms with Gasteiger partial charge in [-0.2, -0.15) is 0 Å². The number of carbonyl (C=O) groups is 1. The monoisotopic (exact) mass is 242 g/mol. The van der Waals surface area contributed by atoms with Gasteiger partial charge in [0.05, 0.1) is 23.6 Å². The molecule has 0 aliphatic carbocycles. The second kappa shape index (κ2) is 5.10. The third-order valence-corrected chi connectivity index (χ3v) is 3.65. The minimum atomic E-state index is -0.0237. The summed E-state index contributed by atoms with van der Waals surface area (Å²) in [5.74, 6) is 0.193. The Kier molecular flexibility index (Phi) is 3.76. The van der Waals surface area contributed by atoms with E-state index in [0.29, 0.717) is 11.6 Å². The number of hydrogen-bond acceptors (Lipinski definition) is 3. The molecule has 2 saturated heterocycles. The summed E-state index contributed by atoms with van der Waals surface area (Å²) in [7, 11) is 0. The van der Waals surface area contributed by atoms with Gasteiger partial charge in [-0.3, -0.25) is 4.79 Å². The number of carbonyl (C=O) groups excluding carboxylic acids is 1. The van der Waals surface area contributed by atoms with Gasteiger partial charge in [-0.1, -0.05) is 12.2 Å². The van der Waals surface area contributed by atoms with Gasteiger partial charge in [0.15, 0.2) is 0 Å². The molecular weight excluding hydrogens is 224 g/mol. The van der Waals surface area contributed by atoms with Gasteiger partial charge in [-0.15, -0.1) is 0 Å². The van der Waals surface area contributed by atoms with Gasteiger partial charge in [0.2, 0.25) is 5.91 Å². The first-order valence-electron chi connectivity index (χ1n) is 5.87. The summed E-state index contributed by atoms with van der Waals surface area (Å²) in [6, 6.07) is -0.0237. The van der Waals surface area contributed by atoms with Crippen molar-refractivity contribution in [1.29, 1.82) is 0 Å². The first-order chi connectivity index (χ1) is 7.70. The van der Waals surface area contributed by atoms with E-state index < -0.39 is 0 Å². The number of rotatable bonds is 2. The van der Waals surface area contributed by atoms with Gasteiger partial charge in [0.1, 0.15) is 0 Å². The van der Waals surface area contributed by atoms with Crippen LogP contribution in [-0.2, 0) is 9.53 Å². The van der Waals surface area contributed by atoms with Crippen LogP contribution in [-0.4, -0.2) is 41.6 Å². The van der Waals surface area contributed by atoms with Crippen LogP contribution in [0.2, 0.25) is 0 Å². The first-order valence-corrected chi connectivity index (χ1v) is 6.28. The van der Waals surface area contributed by atoms with E-state index in [-0.39, 0.29) is 17.9 Å². The van der Waals surface area contributed by atoms with E-state index in [4.69, 9.17) is 22.7 Å². The number of thiocarbonyl (C=S) groups is 1. The number of amides is 1. The number of ether oxygens (including phenoxy) is 1. The van der Waals surface area contributed by atoms with Crippen molar-refractivity contribution in [3.63, 3.8) is 0 Å².